The highest BCUT2D eigenvalue weighted by molar-refractivity contribution is 5.95. The Morgan fingerprint density at radius 1 is 1.29 bits per heavy atom. The van der Waals surface area contributed by atoms with Gasteiger partial charge in [0.2, 0.25) is 0 Å². The van der Waals surface area contributed by atoms with Crippen LogP contribution < -0.4 is 5.32 Å². The zero-order valence-electron chi connectivity index (χ0n) is 13.6. The molecule has 0 saturated carbocycles. The molecular formula is C17H27N3O. The Morgan fingerprint density at radius 3 is 2.67 bits per heavy atom. The van der Waals surface area contributed by atoms with Crippen molar-refractivity contribution in [2.75, 3.05) is 40.3 Å². The smallest absolute Gasteiger partial charge is 0.254 e. The summed E-state index contributed by atoms with van der Waals surface area (Å²) in [5, 5.41) is 3.15. The molecule has 21 heavy (non-hydrogen) atoms. The molecule has 4 heteroatoms. The summed E-state index contributed by atoms with van der Waals surface area (Å²) in [5.74, 6) is 0.169. The molecule has 1 fully saturated rings. The number of amides is 1. The molecule has 1 heterocycles. The van der Waals surface area contributed by atoms with Gasteiger partial charge in [-0.2, -0.15) is 0 Å². The Morgan fingerprint density at radius 2 is 2.00 bits per heavy atom. The molecule has 0 aromatic heterocycles. The lowest BCUT2D eigenvalue weighted by atomic mass is 9.97. The van der Waals surface area contributed by atoms with E-state index in [1.807, 2.05) is 30.1 Å². The minimum atomic E-state index is 0.0355. The van der Waals surface area contributed by atoms with Crippen molar-refractivity contribution < 1.29 is 4.79 Å². The van der Waals surface area contributed by atoms with Crippen LogP contribution in [-0.2, 0) is 6.42 Å². The van der Waals surface area contributed by atoms with Crippen LogP contribution in [-0.4, -0.2) is 61.5 Å². The van der Waals surface area contributed by atoms with Gasteiger partial charge in [0.25, 0.3) is 5.91 Å². The summed E-state index contributed by atoms with van der Waals surface area (Å²) in [6.07, 6.45) is 0.884. The fraction of sp³-hybridized carbons (Fsp3) is 0.588. The van der Waals surface area contributed by atoms with E-state index in [1.54, 1.807) is 0 Å². The summed E-state index contributed by atoms with van der Waals surface area (Å²) in [6, 6.07) is 7.98. The number of hydrogen-bond donors (Lipinski definition) is 1. The zero-order valence-corrected chi connectivity index (χ0v) is 13.6. The number of piperazine rings is 1. The quantitative estimate of drug-likeness (QED) is 0.915. The van der Waals surface area contributed by atoms with Crippen molar-refractivity contribution in [2.24, 2.45) is 0 Å². The molecule has 0 radical (unpaired) electrons. The Kier molecular flexibility index (Phi) is 5.01. The molecular weight excluding hydrogens is 262 g/mol. The van der Waals surface area contributed by atoms with Crippen molar-refractivity contribution in [3.05, 3.63) is 35.4 Å². The zero-order chi connectivity index (χ0) is 15.5. The normalized spacial score (nSPS) is 18.8. The van der Waals surface area contributed by atoms with Gasteiger partial charge in [-0.3, -0.25) is 9.69 Å². The lowest BCUT2D eigenvalue weighted by Gasteiger charge is -2.45. The molecule has 2 rings (SSSR count). The molecule has 1 aliphatic rings. The maximum absolute atomic E-state index is 12.9. The van der Waals surface area contributed by atoms with E-state index in [1.165, 1.54) is 0 Å². The van der Waals surface area contributed by atoms with Crippen LogP contribution in [0.5, 0.6) is 0 Å². The largest absolute Gasteiger partial charge is 0.336 e. The topological polar surface area (TPSA) is 35.6 Å². The molecule has 0 spiro atoms. The maximum Gasteiger partial charge on any atom is 0.254 e. The standard InChI is InChI=1S/C17H27N3O/c1-17(2)13-20(12-11-19(17)4)16(21)15-8-6-5-7-14(15)9-10-18-3/h5-8,18H,9-13H2,1-4H3. The first-order valence-electron chi connectivity index (χ1n) is 7.69. The minimum absolute atomic E-state index is 0.0355. The van der Waals surface area contributed by atoms with Crippen LogP contribution in [0.25, 0.3) is 0 Å². The molecule has 1 N–H and O–H groups in total. The van der Waals surface area contributed by atoms with Crippen LogP contribution in [0, 0.1) is 0 Å². The monoisotopic (exact) mass is 289 g/mol. The second-order valence-corrected chi connectivity index (χ2v) is 6.47. The third kappa shape index (κ3) is 3.63. The molecule has 1 amide bonds. The summed E-state index contributed by atoms with van der Waals surface area (Å²) in [4.78, 5) is 17.2. The van der Waals surface area contributed by atoms with Crippen LogP contribution in [0.3, 0.4) is 0 Å². The summed E-state index contributed by atoms with van der Waals surface area (Å²) >= 11 is 0. The molecule has 0 bridgehead atoms. The van der Waals surface area contributed by atoms with Gasteiger partial charge in [0.15, 0.2) is 0 Å². The molecule has 1 aliphatic heterocycles. The van der Waals surface area contributed by atoms with E-state index in [4.69, 9.17) is 0 Å². The van der Waals surface area contributed by atoms with Crippen molar-refractivity contribution in [2.45, 2.75) is 25.8 Å². The maximum atomic E-state index is 12.9. The number of benzene rings is 1. The van der Waals surface area contributed by atoms with Gasteiger partial charge in [-0.15, -0.1) is 0 Å². The van der Waals surface area contributed by atoms with Crippen LogP contribution in [0.4, 0.5) is 0 Å². The van der Waals surface area contributed by atoms with Crippen molar-refractivity contribution in [1.82, 2.24) is 15.1 Å². The highest BCUT2D eigenvalue weighted by Crippen LogP contribution is 2.21. The number of carbonyl (C=O) groups excluding carboxylic acids is 1. The Bertz CT molecular complexity index is 499. The third-order valence-electron chi connectivity index (χ3n) is 4.50. The molecule has 0 unspecified atom stereocenters. The number of nitrogens with zero attached hydrogens (tertiary/aromatic N) is 2. The van der Waals surface area contributed by atoms with Crippen molar-refractivity contribution in [1.29, 1.82) is 0 Å². The van der Waals surface area contributed by atoms with E-state index in [9.17, 15) is 4.79 Å². The fourth-order valence-electron chi connectivity index (χ4n) is 2.79. The summed E-state index contributed by atoms with van der Waals surface area (Å²) in [5.41, 5.74) is 2.02. The second kappa shape index (κ2) is 6.58. The van der Waals surface area contributed by atoms with Gasteiger partial charge in [-0.25, -0.2) is 0 Å². The number of carbonyl (C=O) groups is 1. The Labute approximate surface area is 128 Å². The predicted molar refractivity (Wildman–Crippen MR) is 86.7 cm³/mol. The van der Waals surface area contributed by atoms with Gasteiger partial charge < -0.3 is 10.2 Å². The summed E-state index contributed by atoms with van der Waals surface area (Å²) in [6.45, 7) is 7.79. The van der Waals surface area contributed by atoms with Gasteiger partial charge >= 0.3 is 0 Å². The summed E-state index contributed by atoms with van der Waals surface area (Å²) < 4.78 is 0. The van der Waals surface area contributed by atoms with E-state index in [-0.39, 0.29) is 11.4 Å². The van der Waals surface area contributed by atoms with Crippen LogP contribution >= 0.6 is 0 Å². The first-order chi connectivity index (χ1) is 9.95. The SMILES string of the molecule is CNCCc1ccccc1C(=O)N1CCN(C)C(C)(C)C1. The second-order valence-electron chi connectivity index (χ2n) is 6.47. The average Bonchev–Trinajstić information content (AvgIpc) is 2.47. The number of rotatable bonds is 4. The molecule has 1 aromatic rings. The van der Waals surface area contributed by atoms with Crippen LogP contribution in [0.2, 0.25) is 0 Å². The van der Waals surface area contributed by atoms with Crippen molar-refractivity contribution in [3.63, 3.8) is 0 Å². The first-order valence-corrected chi connectivity index (χ1v) is 7.69. The minimum Gasteiger partial charge on any atom is -0.336 e. The molecule has 1 saturated heterocycles. The van der Waals surface area contributed by atoms with E-state index in [0.29, 0.717) is 0 Å². The lowest BCUT2D eigenvalue weighted by Crippen LogP contribution is -2.58. The van der Waals surface area contributed by atoms with Gasteiger partial charge in [0.1, 0.15) is 0 Å². The van der Waals surface area contributed by atoms with Crippen LogP contribution in [0.15, 0.2) is 24.3 Å². The van der Waals surface area contributed by atoms with Gasteiger partial charge in [-0.05, 0) is 52.5 Å². The van der Waals surface area contributed by atoms with E-state index >= 15 is 0 Å². The van der Waals surface area contributed by atoms with Crippen molar-refractivity contribution in [3.8, 4) is 0 Å². The highest BCUT2D eigenvalue weighted by Gasteiger charge is 2.33. The fourth-order valence-corrected chi connectivity index (χ4v) is 2.79. The highest BCUT2D eigenvalue weighted by atomic mass is 16.2. The lowest BCUT2D eigenvalue weighted by molar-refractivity contribution is 0.0310. The van der Waals surface area contributed by atoms with E-state index in [0.717, 1.165) is 43.7 Å². The van der Waals surface area contributed by atoms with Gasteiger partial charge in [-0.1, -0.05) is 18.2 Å². The number of likely N-dealkylation sites (N-methyl/N-ethyl adjacent to an activating group) is 2. The predicted octanol–water partition coefficient (Wildman–Crippen LogP) is 1.61. The van der Waals surface area contributed by atoms with E-state index < -0.39 is 0 Å². The number of hydrogen-bond acceptors (Lipinski definition) is 3. The molecule has 116 valence electrons. The average molecular weight is 289 g/mol. The van der Waals surface area contributed by atoms with Crippen molar-refractivity contribution >= 4 is 5.91 Å². The number of nitrogens with one attached hydrogen (secondary N) is 1. The third-order valence-corrected chi connectivity index (χ3v) is 4.50. The molecule has 1 aromatic carbocycles. The van der Waals surface area contributed by atoms with Gasteiger partial charge in [0.05, 0.1) is 0 Å². The summed E-state index contributed by atoms with van der Waals surface area (Å²) in [7, 11) is 4.07. The van der Waals surface area contributed by atoms with E-state index in [2.05, 4.69) is 37.2 Å². The molecule has 0 aliphatic carbocycles. The Hall–Kier alpha value is -1.39. The van der Waals surface area contributed by atoms with Gasteiger partial charge in [0, 0.05) is 30.7 Å². The Balaban J connectivity index is 2.17. The first kappa shape index (κ1) is 16.0. The van der Waals surface area contributed by atoms with Crippen LogP contribution in [0.1, 0.15) is 29.8 Å². The molecule has 4 nitrogen and oxygen atoms in total. The molecule has 0 atom stereocenters.